The molecule has 3 rings (SSSR count). The number of amides is 1. The Morgan fingerprint density at radius 2 is 1.50 bits per heavy atom. The summed E-state index contributed by atoms with van der Waals surface area (Å²) in [7, 11) is -0.946. The Hall–Kier alpha value is -3.65. The largest absolute Gasteiger partial charge is 0.469 e. The molecule has 3 aromatic carbocycles. The van der Waals surface area contributed by atoms with Crippen molar-refractivity contribution in [1.29, 1.82) is 0 Å². The van der Waals surface area contributed by atoms with Crippen LogP contribution in [0.5, 0.6) is 0 Å². The van der Waals surface area contributed by atoms with E-state index in [0.29, 0.717) is 17.8 Å². The van der Waals surface area contributed by atoms with E-state index in [1.807, 2.05) is 37.3 Å². The molecule has 0 aromatic heterocycles. The molecular weight excluding hydrogens is 452 g/mol. The van der Waals surface area contributed by atoms with Gasteiger partial charge < -0.3 is 9.64 Å². The Balaban J connectivity index is 1.80. The molecule has 0 aliphatic carbocycles. The Labute approximate surface area is 200 Å². The number of methoxy groups -OCH3 is 1. The van der Waals surface area contributed by atoms with Crippen LogP contribution in [0.25, 0.3) is 0 Å². The summed E-state index contributed by atoms with van der Waals surface area (Å²) in [5, 5.41) is 0. The lowest BCUT2D eigenvalue weighted by molar-refractivity contribution is -0.140. The Morgan fingerprint density at radius 3 is 2.09 bits per heavy atom. The van der Waals surface area contributed by atoms with Gasteiger partial charge in [-0.3, -0.25) is 13.9 Å². The smallest absolute Gasteiger partial charge is 0.307 e. The van der Waals surface area contributed by atoms with Gasteiger partial charge in [0.1, 0.15) is 0 Å². The highest BCUT2D eigenvalue weighted by atomic mass is 32.2. The molecule has 0 aliphatic rings. The van der Waals surface area contributed by atoms with Crippen LogP contribution >= 0.6 is 0 Å². The van der Waals surface area contributed by atoms with Crippen LogP contribution in [0.1, 0.15) is 27.9 Å². The van der Waals surface area contributed by atoms with E-state index in [2.05, 4.69) is 0 Å². The molecule has 8 heteroatoms. The van der Waals surface area contributed by atoms with Crippen LogP contribution in [-0.4, -0.2) is 45.9 Å². The van der Waals surface area contributed by atoms with E-state index in [4.69, 9.17) is 4.74 Å². The van der Waals surface area contributed by atoms with Crippen molar-refractivity contribution in [3.63, 3.8) is 0 Å². The SMILES string of the molecule is COC(=O)CCN(Cc1ccccc1)C(=O)c1ccc(N(C)S(=O)(=O)c2ccc(C)cc2)cc1. The molecule has 0 atom stereocenters. The third kappa shape index (κ3) is 6.02. The molecule has 0 radical (unpaired) electrons. The molecule has 0 heterocycles. The molecule has 0 bridgehead atoms. The molecule has 0 saturated carbocycles. The monoisotopic (exact) mass is 480 g/mol. The third-order valence-electron chi connectivity index (χ3n) is 5.47. The van der Waals surface area contributed by atoms with Gasteiger partial charge in [0.05, 0.1) is 24.1 Å². The van der Waals surface area contributed by atoms with Gasteiger partial charge in [0.2, 0.25) is 0 Å². The standard InChI is InChI=1S/C26H28N2O5S/c1-20-9-15-24(16-10-20)34(31,32)27(2)23-13-11-22(12-14-23)26(30)28(18-17-25(29)33-3)19-21-7-5-4-6-8-21/h4-16H,17-19H2,1-3H3. The summed E-state index contributed by atoms with van der Waals surface area (Å²) in [6.07, 6.45) is 0.0741. The maximum absolute atomic E-state index is 13.2. The van der Waals surface area contributed by atoms with Crippen molar-refractivity contribution in [2.45, 2.75) is 24.8 Å². The van der Waals surface area contributed by atoms with Gasteiger partial charge in [-0.2, -0.15) is 0 Å². The number of hydrogen-bond donors (Lipinski definition) is 0. The van der Waals surface area contributed by atoms with Crippen LogP contribution in [0.15, 0.2) is 83.8 Å². The molecule has 7 nitrogen and oxygen atoms in total. The molecule has 0 unspecified atom stereocenters. The molecule has 0 spiro atoms. The van der Waals surface area contributed by atoms with E-state index in [9.17, 15) is 18.0 Å². The van der Waals surface area contributed by atoms with Crippen molar-refractivity contribution in [2.24, 2.45) is 0 Å². The maximum Gasteiger partial charge on any atom is 0.307 e. The number of esters is 1. The number of hydrogen-bond acceptors (Lipinski definition) is 5. The fraction of sp³-hybridized carbons (Fsp3) is 0.231. The first-order chi connectivity index (χ1) is 16.2. The minimum atomic E-state index is -3.73. The van der Waals surface area contributed by atoms with Gasteiger partial charge in [-0.15, -0.1) is 0 Å². The normalized spacial score (nSPS) is 11.0. The van der Waals surface area contributed by atoms with E-state index in [-0.39, 0.29) is 23.8 Å². The lowest BCUT2D eigenvalue weighted by atomic mass is 10.1. The number of rotatable bonds is 9. The highest BCUT2D eigenvalue weighted by molar-refractivity contribution is 7.92. The topological polar surface area (TPSA) is 84.0 Å². The Morgan fingerprint density at radius 1 is 0.882 bits per heavy atom. The predicted octanol–water partition coefficient (Wildman–Crippen LogP) is 4.03. The number of ether oxygens (including phenoxy) is 1. The summed E-state index contributed by atoms with van der Waals surface area (Å²) >= 11 is 0. The van der Waals surface area contributed by atoms with Gasteiger partial charge >= 0.3 is 5.97 Å². The van der Waals surface area contributed by atoms with Crippen molar-refractivity contribution < 1.29 is 22.7 Å². The number of benzene rings is 3. The van der Waals surface area contributed by atoms with Gasteiger partial charge in [-0.25, -0.2) is 8.42 Å². The van der Waals surface area contributed by atoms with E-state index in [0.717, 1.165) is 11.1 Å². The van der Waals surface area contributed by atoms with E-state index < -0.39 is 16.0 Å². The lowest BCUT2D eigenvalue weighted by Gasteiger charge is -2.23. The molecule has 0 fully saturated rings. The zero-order valence-electron chi connectivity index (χ0n) is 19.5. The van der Waals surface area contributed by atoms with Crippen molar-refractivity contribution in [3.05, 3.63) is 95.6 Å². The summed E-state index contributed by atoms with van der Waals surface area (Å²) in [4.78, 5) is 26.6. The minimum Gasteiger partial charge on any atom is -0.469 e. The van der Waals surface area contributed by atoms with E-state index >= 15 is 0 Å². The van der Waals surface area contributed by atoms with Crippen LogP contribution in [0.2, 0.25) is 0 Å². The average molecular weight is 481 g/mol. The number of carbonyl (C=O) groups excluding carboxylic acids is 2. The van der Waals surface area contributed by atoms with Crippen LogP contribution in [0.3, 0.4) is 0 Å². The molecule has 1 amide bonds. The second-order valence-corrected chi connectivity index (χ2v) is 9.84. The summed E-state index contributed by atoms with van der Waals surface area (Å²) in [6, 6.07) is 22.5. The van der Waals surface area contributed by atoms with Crippen molar-refractivity contribution in [1.82, 2.24) is 4.90 Å². The fourth-order valence-electron chi connectivity index (χ4n) is 3.39. The lowest BCUT2D eigenvalue weighted by Crippen LogP contribution is -2.33. The Bertz CT molecular complexity index is 1220. The molecule has 0 saturated heterocycles. The van der Waals surface area contributed by atoms with E-state index in [1.54, 1.807) is 53.4 Å². The Kier molecular flexibility index (Phi) is 8.07. The van der Waals surface area contributed by atoms with Crippen molar-refractivity contribution >= 4 is 27.6 Å². The minimum absolute atomic E-state index is 0.0741. The van der Waals surface area contributed by atoms with E-state index in [1.165, 1.54) is 18.5 Å². The highest BCUT2D eigenvalue weighted by Crippen LogP contribution is 2.23. The first-order valence-electron chi connectivity index (χ1n) is 10.8. The third-order valence-corrected chi connectivity index (χ3v) is 7.27. The van der Waals surface area contributed by atoms with Crippen LogP contribution in [-0.2, 0) is 26.1 Å². The molecular formula is C26H28N2O5S. The summed E-state index contributed by atoms with van der Waals surface area (Å²) < 4.78 is 31.8. The van der Waals surface area contributed by atoms with Gasteiger partial charge in [0, 0.05) is 25.7 Å². The number of anilines is 1. The maximum atomic E-state index is 13.2. The molecule has 34 heavy (non-hydrogen) atoms. The number of sulfonamides is 1. The van der Waals surface area contributed by atoms with Crippen molar-refractivity contribution in [2.75, 3.05) is 25.0 Å². The zero-order valence-corrected chi connectivity index (χ0v) is 20.3. The van der Waals surface area contributed by atoms with Gasteiger partial charge in [0.15, 0.2) is 0 Å². The van der Waals surface area contributed by atoms with Crippen LogP contribution < -0.4 is 4.31 Å². The summed E-state index contributed by atoms with van der Waals surface area (Å²) in [5.41, 5.74) is 2.73. The quantitative estimate of drug-likeness (QED) is 0.432. The first kappa shape index (κ1) is 25.0. The second kappa shape index (κ2) is 11.0. The number of aryl methyl sites for hydroxylation is 1. The van der Waals surface area contributed by atoms with Gasteiger partial charge in [0.25, 0.3) is 15.9 Å². The average Bonchev–Trinajstić information content (AvgIpc) is 2.86. The fourth-order valence-corrected chi connectivity index (χ4v) is 4.58. The first-order valence-corrected chi connectivity index (χ1v) is 12.2. The van der Waals surface area contributed by atoms with Gasteiger partial charge in [-0.1, -0.05) is 48.0 Å². The number of carbonyl (C=O) groups is 2. The van der Waals surface area contributed by atoms with Gasteiger partial charge in [-0.05, 0) is 48.9 Å². The van der Waals surface area contributed by atoms with Crippen molar-refractivity contribution in [3.8, 4) is 0 Å². The second-order valence-electron chi connectivity index (χ2n) is 7.87. The molecule has 0 aliphatic heterocycles. The summed E-state index contributed by atoms with van der Waals surface area (Å²) in [6.45, 7) is 2.42. The summed E-state index contributed by atoms with van der Waals surface area (Å²) in [5.74, 6) is -0.660. The van der Waals surface area contributed by atoms with Crippen LogP contribution in [0.4, 0.5) is 5.69 Å². The molecule has 3 aromatic rings. The highest BCUT2D eigenvalue weighted by Gasteiger charge is 2.22. The predicted molar refractivity (Wildman–Crippen MR) is 131 cm³/mol. The van der Waals surface area contributed by atoms with Crippen LogP contribution in [0, 0.1) is 6.92 Å². The zero-order chi connectivity index (χ0) is 24.7. The molecule has 178 valence electrons. The molecule has 0 N–H and O–H groups in total. The number of nitrogens with zero attached hydrogens (tertiary/aromatic N) is 2.